The van der Waals surface area contributed by atoms with Crippen LogP contribution in [-0.2, 0) is 16.1 Å². The summed E-state index contributed by atoms with van der Waals surface area (Å²) in [6, 6.07) is 7.61. The van der Waals surface area contributed by atoms with Crippen LogP contribution in [-0.4, -0.2) is 42.9 Å². The van der Waals surface area contributed by atoms with Gasteiger partial charge in [-0.05, 0) is 57.1 Å². The monoisotopic (exact) mass is 390 g/mol. The number of hydrogen-bond acceptors (Lipinski definition) is 4. The van der Waals surface area contributed by atoms with Gasteiger partial charge in [0.05, 0.1) is 6.04 Å². The number of primary amides is 1. The van der Waals surface area contributed by atoms with E-state index >= 15 is 0 Å². The SMILES string of the molecule is CNCCCC(=O)Nc1cccc(CN2CCCC2C(N)=O)c1.Cl.Cl. The number of carbonyl (C=O) groups excluding carboxylic acids is 2. The van der Waals surface area contributed by atoms with E-state index in [-0.39, 0.29) is 42.7 Å². The van der Waals surface area contributed by atoms with Crippen molar-refractivity contribution in [2.24, 2.45) is 5.73 Å². The van der Waals surface area contributed by atoms with Gasteiger partial charge in [-0.25, -0.2) is 0 Å². The molecule has 1 aromatic rings. The fourth-order valence-corrected chi connectivity index (χ4v) is 2.97. The molecule has 1 fully saturated rings. The molecule has 142 valence electrons. The van der Waals surface area contributed by atoms with Crippen molar-refractivity contribution in [2.75, 3.05) is 25.5 Å². The van der Waals surface area contributed by atoms with Crippen LogP contribution in [0.4, 0.5) is 5.69 Å². The first-order chi connectivity index (χ1) is 11.1. The molecule has 1 aliphatic heterocycles. The third-order valence-corrected chi connectivity index (χ3v) is 4.12. The quantitative estimate of drug-likeness (QED) is 0.591. The number of likely N-dealkylation sites (tertiary alicyclic amines) is 1. The lowest BCUT2D eigenvalue weighted by Crippen LogP contribution is -2.39. The third-order valence-electron chi connectivity index (χ3n) is 4.12. The van der Waals surface area contributed by atoms with Crippen LogP contribution < -0.4 is 16.4 Å². The second-order valence-electron chi connectivity index (χ2n) is 5.99. The second-order valence-corrected chi connectivity index (χ2v) is 5.99. The molecule has 0 aliphatic carbocycles. The fraction of sp³-hybridized carbons (Fsp3) is 0.529. The standard InChI is InChI=1S/C17H26N4O2.2ClH/c1-19-9-3-8-16(22)20-14-6-2-5-13(11-14)12-21-10-4-7-15(21)17(18)23;;/h2,5-6,11,15,19H,3-4,7-10,12H2,1H3,(H2,18,23)(H,20,22);2*1H. The summed E-state index contributed by atoms with van der Waals surface area (Å²) in [7, 11) is 1.87. The van der Waals surface area contributed by atoms with Crippen LogP contribution in [0.15, 0.2) is 24.3 Å². The largest absolute Gasteiger partial charge is 0.368 e. The highest BCUT2D eigenvalue weighted by molar-refractivity contribution is 5.90. The molecule has 1 saturated heterocycles. The number of amides is 2. The highest BCUT2D eigenvalue weighted by atomic mass is 35.5. The molecule has 4 N–H and O–H groups in total. The van der Waals surface area contributed by atoms with Gasteiger partial charge in [-0.3, -0.25) is 14.5 Å². The lowest BCUT2D eigenvalue weighted by Gasteiger charge is -2.22. The maximum Gasteiger partial charge on any atom is 0.234 e. The lowest BCUT2D eigenvalue weighted by atomic mass is 10.1. The van der Waals surface area contributed by atoms with Crippen molar-refractivity contribution >= 4 is 42.3 Å². The summed E-state index contributed by atoms with van der Waals surface area (Å²) in [5, 5.41) is 5.95. The number of nitrogens with two attached hydrogens (primary N) is 1. The van der Waals surface area contributed by atoms with Crippen LogP contribution in [0.3, 0.4) is 0 Å². The van der Waals surface area contributed by atoms with E-state index in [4.69, 9.17) is 5.73 Å². The number of hydrogen-bond donors (Lipinski definition) is 3. The Labute approximate surface area is 161 Å². The smallest absolute Gasteiger partial charge is 0.234 e. The Morgan fingerprint density at radius 2 is 2.08 bits per heavy atom. The van der Waals surface area contributed by atoms with Gasteiger partial charge in [0.15, 0.2) is 0 Å². The van der Waals surface area contributed by atoms with Crippen LogP contribution in [0.1, 0.15) is 31.2 Å². The number of rotatable bonds is 8. The molecular formula is C17H28Cl2N4O2. The van der Waals surface area contributed by atoms with E-state index in [2.05, 4.69) is 15.5 Å². The summed E-state index contributed by atoms with van der Waals surface area (Å²) in [6.07, 6.45) is 3.14. The number of anilines is 1. The highest BCUT2D eigenvalue weighted by Crippen LogP contribution is 2.21. The first kappa shape index (κ1) is 23.7. The molecular weight excluding hydrogens is 363 g/mol. The number of carbonyl (C=O) groups is 2. The summed E-state index contributed by atoms with van der Waals surface area (Å²) in [6.45, 7) is 2.39. The topological polar surface area (TPSA) is 87.5 Å². The Balaban J connectivity index is 0.00000288. The van der Waals surface area contributed by atoms with E-state index in [1.807, 2.05) is 31.3 Å². The number of halogens is 2. The normalized spacial score (nSPS) is 16.6. The molecule has 1 atom stereocenters. The zero-order chi connectivity index (χ0) is 16.7. The van der Waals surface area contributed by atoms with E-state index in [0.29, 0.717) is 13.0 Å². The maximum absolute atomic E-state index is 11.9. The summed E-state index contributed by atoms with van der Waals surface area (Å²) < 4.78 is 0. The Morgan fingerprint density at radius 1 is 1.32 bits per heavy atom. The van der Waals surface area contributed by atoms with Crippen molar-refractivity contribution in [2.45, 2.75) is 38.3 Å². The molecule has 0 spiro atoms. The molecule has 2 amide bonds. The average molecular weight is 391 g/mol. The maximum atomic E-state index is 11.9. The van der Waals surface area contributed by atoms with Gasteiger partial charge in [-0.2, -0.15) is 0 Å². The lowest BCUT2D eigenvalue weighted by molar-refractivity contribution is -0.122. The second kappa shape index (κ2) is 12.1. The van der Waals surface area contributed by atoms with Crippen LogP contribution in [0, 0.1) is 0 Å². The van der Waals surface area contributed by atoms with Crippen molar-refractivity contribution in [3.63, 3.8) is 0 Å². The van der Waals surface area contributed by atoms with Gasteiger partial charge in [0, 0.05) is 18.7 Å². The predicted molar refractivity (Wildman–Crippen MR) is 105 cm³/mol. The molecule has 0 saturated carbocycles. The Bertz CT molecular complexity index is 557. The Morgan fingerprint density at radius 3 is 2.76 bits per heavy atom. The van der Waals surface area contributed by atoms with Crippen molar-refractivity contribution in [3.8, 4) is 0 Å². The zero-order valence-electron chi connectivity index (χ0n) is 14.5. The highest BCUT2D eigenvalue weighted by Gasteiger charge is 2.28. The minimum atomic E-state index is -0.253. The van der Waals surface area contributed by atoms with Crippen LogP contribution in [0.2, 0.25) is 0 Å². The van der Waals surface area contributed by atoms with Crippen molar-refractivity contribution in [1.82, 2.24) is 10.2 Å². The average Bonchev–Trinajstić information content (AvgIpc) is 2.96. The first-order valence-corrected chi connectivity index (χ1v) is 8.17. The first-order valence-electron chi connectivity index (χ1n) is 8.17. The molecule has 0 bridgehead atoms. The van der Waals surface area contributed by atoms with Gasteiger partial charge in [0.2, 0.25) is 11.8 Å². The molecule has 25 heavy (non-hydrogen) atoms. The minimum Gasteiger partial charge on any atom is -0.368 e. The molecule has 0 aromatic heterocycles. The predicted octanol–water partition coefficient (Wildman–Crippen LogP) is 1.92. The minimum absolute atomic E-state index is 0. The van der Waals surface area contributed by atoms with E-state index in [1.54, 1.807) is 0 Å². The molecule has 0 radical (unpaired) electrons. The summed E-state index contributed by atoms with van der Waals surface area (Å²) >= 11 is 0. The van der Waals surface area contributed by atoms with Gasteiger partial charge < -0.3 is 16.4 Å². The molecule has 1 aliphatic rings. The van der Waals surface area contributed by atoms with Crippen LogP contribution in [0.5, 0.6) is 0 Å². The van der Waals surface area contributed by atoms with E-state index < -0.39 is 0 Å². The van der Waals surface area contributed by atoms with Gasteiger partial charge in [0.25, 0.3) is 0 Å². The van der Waals surface area contributed by atoms with Gasteiger partial charge in [-0.15, -0.1) is 24.8 Å². The van der Waals surface area contributed by atoms with Gasteiger partial charge >= 0.3 is 0 Å². The zero-order valence-corrected chi connectivity index (χ0v) is 16.1. The molecule has 1 aromatic carbocycles. The van der Waals surface area contributed by atoms with Crippen LogP contribution >= 0.6 is 24.8 Å². The Kier molecular flexibility index (Phi) is 11.4. The Hall–Kier alpha value is -1.34. The number of nitrogens with zero attached hydrogens (tertiary/aromatic N) is 1. The third kappa shape index (κ3) is 7.61. The van der Waals surface area contributed by atoms with Gasteiger partial charge in [-0.1, -0.05) is 12.1 Å². The molecule has 1 unspecified atom stereocenters. The van der Waals surface area contributed by atoms with Crippen molar-refractivity contribution < 1.29 is 9.59 Å². The molecule has 1 heterocycles. The van der Waals surface area contributed by atoms with Crippen molar-refractivity contribution in [1.29, 1.82) is 0 Å². The van der Waals surface area contributed by atoms with E-state index in [9.17, 15) is 9.59 Å². The van der Waals surface area contributed by atoms with E-state index in [0.717, 1.165) is 43.6 Å². The molecule has 6 nitrogen and oxygen atoms in total. The number of benzene rings is 1. The van der Waals surface area contributed by atoms with Crippen molar-refractivity contribution in [3.05, 3.63) is 29.8 Å². The van der Waals surface area contributed by atoms with Crippen LogP contribution in [0.25, 0.3) is 0 Å². The molecule has 8 heteroatoms. The summed E-state index contributed by atoms with van der Waals surface area (Å²) in [5.41, 5.74) is 7.33. The summed E-state index contributed by atoms with van der Waals surface area (Å²) in [4.78, 5) is 25.4. The summed E-state index contributed by atoms with van der Waals surface area (Å²) in [5.74, 6) is -0.231. The fourth-order valence-electron chi connectivity index (χ4n) is 2.97. The van der Waals surface area contributed by atoms with E-state index in [1.165, 1.54) is 0 Å². The number of nitrogens with one attached hydrogen (secondary N) is 2. The van der Waals surface area contributed by atoms with Gasteiger partial charge in [0.1, 0.15) is 0 Å². The molecule has 2 rings (SSSR count).